The van der Waals surface area contributed by atoms with Gasteiger partial charge in [0, 0.05) is 12.6 Å². The Kier molecular flexibility index (Phi) is 6.82. The molecule has 112 valence electrons. The molecule has 1 aromatic rings. The molecule has 0 aliphatic carbocycles. The molecule has 1 fully saturated rings. The number of hydrogen-bond donors (Lipinski definition) is 2. The van der Waals surface area contributed by atoms with Gasteiger partial charge in [-0.25, -0.2) is 0 Å². The smallest absolute Gasteiger partial charge is 0.224 e. The van der Waals surface area contributed by atoms with Crippen LogP contribution in [0.5, 0.6) is 5.75 Å². The van der Waals surface area contributed by atoms with Crippen molar-refractivity contribution in [2.75, 3.05) is 20.2 Å². The van der Waals surface area contributed by atoms with Gasteiger partial charge in [-0.1, -0.05) is 19.1 Å². The number of halogens is 1. The highest BCUT2D eigenvalue weighted by molar-refractivity contribution is 5.85. The number of ether oxygens (including phenoxy) is 1. The van der Waals surface area contributed by atoms with Crippen LogP contribution in [0.25, 0.3) is 0 Å². The summed E-state index contributed by atoms with van der Waals surface area (Å²) in [5.74, 6) is 1.45. The van der Waals surface area contributed by atoms with Crippen molar-refractivity contribution in [3.05, 3.63) is 29.8 Å². The van der Waals surface area contributed by atoms with E-state index in [4.69, 9.17) is 4.74 Å². The van der Waals surface area contributed by atoms with E-state index in [1.54, 1.807) is 7.11 Å². The second-order valence-corrected chi connectivity index (χ2v) is 5.17. The second kappa shape index (κ2) is 8.12. The lowest BCUT2D eigenvalue weighted by molar-refractivity contribution is -0.121. The fourth-order valence-electron chi connectivity index (χ4n) is 2.37. The van der Waals surface area contributed by atoms with Gasteiger partial charge in [0.25, 0.3) is 0 Å². The Bertz CT molecular complexity index is 422. The Balaban J connectivity index is 0.00000200. The molecule has 0 radical (unpaired) electrons. The molecule has 0 saturated carbocycles. The molecular weight excluding hydrogens is 276 g/mol. The van der Waals surface area contributed by atoms with E-state index in [1.807, 2.05) is 24.3 Å². The first-order valence-corrected chi connectivity index (χ1v) is 6.82. The summed E-state index contributed by atoms with van der Waals surface area (Å²) in [6.07, 6.45) is 1.54. The summed E-state index contributed by atoms with van der Waals surface area (Å²) in [7, 11) is 1.64. The van der Waals surface area contributed by atoms with Crippen LogP contribution in [-0.4, -0.2) is 32.1 Å². The number of hydrogen-bond acceptors (Lipinski definition) is 3. The fraction of sp³-hybridized carbons (Fsp3) is 0.533. The number of amides is 1. The fourth-order valence-corrected chi connectivity index (χ4v) is 2.37. The van der Waals surface area contributed by atoms with Gasteiger partial charge in [0.2, 0.25) is 5.91 Å². The van der Waals surface area contributed by atoms with Crippen molar-refractivity contribution in [2.45, 2.75) is 25.8 Å². The average Bonchev–Trinajstić information content (AvgIpc) is 2.42. The molecule has 1 aromatic carbocycles. The maximum Gasteiger partial charge on any atom is 0.224 e. The lowest BCUT2D eigenvalue weighted by atomic mass is 9.94. The predicted octanol–water partition coefficient (Wildman–Crippen LogP) is 1.77. The van der Waals surface area contributed by atoms with Crippen LogP contribution < -0.4 is 15.4 Å². The van der Waals surface area contributed by atoms with E-state index in [9.17, 15) is 4.79 Å². The third-order valence-electron chi connectivity index (χ3n) is 3.70. The Morgan fingerprint density at radius 2 is 2.10 bits per heavy atom. The lowest BCUT2D eigenvalue weighted by Crippen LogP contribution is -2.50. The first-order valence-electron chi connectivity index (χ1n) is 6.82. The minimum atomic E-state index is 0. The van der Waals surface area contributed by atoms with Crippen LogP contribution in [0, 0.1) is 5.92 Å². The highest BCUT2D eigenvalue weighted by Gasteiger charge is 2.22. The van der Waals surface area contributed by atoms with Gasteiger partial charge < -0.3 is 15.4 Å². The zero-order chi connectivity index (χ0) is 13.7. The zero-order valence-corrected chi connectivity index (χ0v) is 12.8. The molecule has 2 N–H and O–H groups in total. The molecule has 0 bridgehead atoms. The van der Waals surface area contributed by atoms with E-state index in [2.05, 4.69) is 17.6 Å². The van der Waals surface area contributed by atoms with Crippen molar-refractivity contribution in [3.8, 4) is 5.75 Å². The number of carbonyl (C=O) groups is 1. The Labute approximate surface area is 126 Å². The second-order valence-electron chi connectivity index (χ2n) is 5.17. The molecule has 5 heteroatoms. The van der Waals surface area contributed by atoms with Crippen LogP contribution in [0.4, 0.5) is 0 Å². The largest absolute Gasteiger partial charge is 0.497 e. The molecule has 20 heavy (non-hydrogen) atoms. The van der Waals surface area contributed by atoms with Gasteiger partial charge >= 0.3 is 0 Å². The number of carbonyl (C=O) groups excluding carboxylic acids is 1. The molecule has 4 nitrogen and oxygen atoms in total. The summed E-state index contributed by atoms with van der Waals surface area (Å²) in [4.78, 5) is 12.0. The third kappa shape index (κ3) is 4.69. The molecule has 0 aromatic heterocycles. The molecule has 2 rings (SSSR count). The van der Waals surface area contributed by atoms with Gasteiger partial charge in [0.05, 0.1) is 13.5 Å². The molecule has 2 unspecified atom stereocenters. The summed E-state index contributed by atoms with van der Waals surface area (Å²) >= 11 is 0. The van der Waals surface area contributed by atoms with Gasteiger partial charge in [-0.05, 0) is 36.6 Å². The summed E-state index contributed by atoms with van der Waals surface area (Å²) in [5, 5.41) is 6.43. The minimum absolute atomic E-state index is 0. The van der Waals surface area contributed by atoms with E-state index in [0.717, 1.165) is 30.8 Å². The quantitative estimate of drug-likeness (QED) is 0.891. The Morgan fingerprint density at radius 1 is 1.40 bits per heavy atom. The van der Waals surface area contributed by atoms with E-state index in [0.29, 0.717) is 12.3 Å². The topological polar surface area (TPSA) is 50.4 Å². The number of nitrogens with one attached hydrogen (secondary N) is 2. The predicted molar refractivity (Wildman–Crippen MR) is 82.5 cm³/mol. The average molecular weight is 299 g/mol. The number of benzene rings is 1. The normalized spacial score (nSPS) is 21.7. The van der Waals surface area contributed by atoms with E-state index >= 15 is 0 Å². The lowest BCUT2D eigenvalue weighted by Gasteiger charge is -2.30. The van der Waals surface area contributed by atoms with Crippen LogP contribution in [0.15, 0.2) is 24.3 Å². The maximum atomic E-state index is 12.0. The summed E-state index contributed by atoms with van der Waals surface area (Å²) in [6, 6.07) is 7.88. The number of piperidine rings is 1. The van der Waals surface area contributed by atoms with E-state index < -0.39 is 0 Å². The van der Waals surface area contributed by atoms with Gasteiger partial charge in [-0.3, -0.25) is 4.79 Å². The van der Waals surface area contributed by atoms with Crippen LogP contribution in [-0.2, 0) is 11.2 Å². The molecule has 1 heterocycles. The van der Waals surface area contributed by atoms with Gasteiger partial charge in [0.1, 0.15) is 5.75 Å². The van der Waals surface area contributed by atoms with Crippen LogP contribution in [0.3, 0.4) is 0 Å². The molecular formula is C15H23ClN2O2. The van der Waals surface area contributed by atoms with Crippen LogP contribution >= 0.6 is 12.4 Å². The van der Waals surface area contributed by atoms with Crippen molar-refractivity contribution in [3.63, 3.8) is 0 Å². The first kappa shape index (κ1) is 16.8. The van der Waals surface area contributed by atoms with Crippen LogP contribution in [0.1, 0.15) is 18.9 Å². The molecule has 1 saturated heterocycles. The highest BCUT2D eigenvalue weighted by atomic mass is 35.5. The number of methoxy groups -OCH3 is 1. The first-order chi connectivity index (χ1) is 9.19. The van der Waals surface area contributed by atoms with Crippen molar-refractivity contribution in [2.24, 2.45) is 5.92 Å². The van der Waals surface area contributed by atoms with Crippen molar-refractivity contribution >= 4 is 18.3 Å². The molecule has 0 spiro atoms. The van der Waals surface area contributed by atoms with E-state index in [-0.39, 0.29) is 24.4 Å². The van der Waals surface area contributed by atoms with Crippen molar-refractivity contribution in [1.82, 2.24) is 10.6 Å². The Hall–Kier alpha value is -1.26. The van der Waals surface area contributed by atoms with Crippen LogP contribution in [0.2, 0.25) is 0 Å². The third-order valence-corrected chi connectivity index (χ3v) is 3.70. The molecule has 1 amide bonds. The highest BCUT2D eigenvalue weighted by Crippen LogP contribution is 2.13. The molecule has 2 atom stereocenters. The standard InChI is InChI=1S/C15H22N2O2.ClH/c1-11-7-8-16-10-14(11)17-15(18)9-12-3-5-13(19-2)6-4-12;/h3-6,11,14,16H,7-10H2,1-2H3,(H,17,18);1H. The zero-order valence-electron chi connectivity index (χ0n) is 12.0. The maximum absolute atomic E-state index is 12.0. The monoisotopic (exact) mass is 298 g/mol. The van der Waals surface area contributed by atoms with Crippen molar-refractivity contribution in [1.29, 1.82) is 0 Å². The van der Waals surface area contributed by atoms with Gasteiger partial charge in [-0.15, -0.1) is 12.4 Å². The van der Waals surface area contributed by atoms with Gasteiger partial charge in [-0.2, -0.15) is 0 Å². The summed E-state index contributed by atoms with van der Waals surface area (Å²) in [5.41, 5.74) is 1.01. The van der Waals surface area contributed by atoms with E-state index in [1.165, 1.54) is 0 Å². The summed E-state index contributed by atoms with van der Waals surface area (Å²) in [6.45, 7) is 4.11. The molecule has 1 aliphatic heterocycles. The van der Waals surface area contributed by atoms with Crippen molar-refractivity contribution < 1.29 is 9.53 Å². The van der Waals surface area contributed by atoms with Gasteiger partial charge in [0.15, 0.2) is 0 Å². The minimum Gasteiger partial charge on any atom is -0.497 e. The Morgan fingerprint density at radius 3 is 2.70 bits per heavy atom. The SMILES string of the molecule is COc1ccc(CC(=O)NC2CNCCC2C)cc1.Cl. The summed E-state index contributed by atoms with van der Waals surface area (Å²) < 4.78 is 5.10. The number of rotatable bonds is 4. The molecule has 1 aliphatic rings.